The van der Waals surface area contributed by atoms with Crippen LogP contribution >= 0.6 is 0 Å². The average Bonchev–Trinajstić information content (AvgIpc) is 2.18. The molecule has 0 aliphatic carbocycles. The number of rotatable bonds is 2. The third-order valence-electron chi connectivity index (χ3n) is 1.70. The van der Waals surface area contributed by atoms with Crippen molar-refractivity contribution >= 4 is 0 Å². The van der Waals surface area contributed by atoms with E-state index in [2.05, 4.69) is 18.0 Å². The van der Waals surface area contributed by atoms with Crippen molar-refractivity contribution in [1.82, 2.24) is 4.90 Å². The summed E-state index contributed by atoms with van der Waals surface area (Å²) in [7, 11) is 2.06. The fraction of sp³-hybridized carbons (Fsp3) is 0.714. The molecule has 1 aliphatic rings. The molecule has 2 heteroatoms. The van der Waals surface area contributed by atoms with Gasteiger partial charge in [0.1, 0.15) is 0 Å². The molecule has 1 N–H and O–H groups in total. The van der Waals surface area contributed by atoms with Gasteiger partial charge in [-0.15, -0.1) is 0 Å². The zero-order chi connectivity index (χ0) is 6.69. The molecule has 0 amide bonds. The van der Waals surface area contributed by atoms with Crippen molar-refractivity contribution in [3.05, 3.63) is 11.8 Å². The van der Waals surface area contributed by atoms with E-state index in [0.717, 1.165) is 19.4 Å². The zero-order valence-corrected chi connectivity index (χ0v) is 5.80. The summed E-state index contributed by atoms with van der Waals surface area (Å²) in [6, 6.07) is 0. The molecule has 9 heavy (non-hydrogen) atoms. The second-order valence-corrected chi connectivity index (χ2v) is 2.38. The maximum atomic E-state index is 8.58. The van der Waals surface area contributed by atoms with Gasteiger partial charge >= 0.3 is 0 Å². The van der Waals surface area contributed by atoms with Gasteiger partial charge in [-0.3, -0.25) is 0 Å². The monoisotopic (exact) mass is 127 g/mol. The maximum absolute atomic E-state index is 8.58. The van der Waals surface area contributed by atoms with Crippen molar-refractivity contribution in [3.63, 3.8) is 0 Å². The average molecular weight is 127 g/mol. The first-order valence-electron chi connectivity index (χ1n) is 3.35. The first kappa shape index (κ1) is 6.62. The quantitative estimate of drug-likeness (QED) is 0.586. The van der Waals surface area contributed by atoms with E-state index >= 15 is 0 Å². The summed E-state index contributed by atoms with van der Waals surface area (Å²) in [5, 5.41) is 8.58. The molecule has 0 spiro atoms. The molecule has 0 aromatic heterocycles. The van der Waals surface area contributed by atoms with Gasteiger partial charge in [-0.05, 0) is 6.42 Å². The second kappa shape index (κ2) is 2.87. The number of nitrogens with zero attached hydrogens (tertiary/aromatic N) is 1. The fourth-order valence-electron chi connectivity index (χ4n) is 1.13. The summed E-state index contributed by atoms with van der Waals surface area (Å²) < 4.78 is 0. The van der Waals surface area contributed by atoms with Gasteiger partial charge in [-0.25, -0.2) is 0 Å². The van der Waals surface area contributed by atoms with Crippen LogP contribution in [0.4, 0.5) is 0 Å². The van der Waals surface area contributed by atoms with Gasteiger partial charge in [0, 0.05) is 32.3 Å². The van der Waals surface area contributed by atoms with Crippen molar-refractivity contribution in [3.8, 4) is 0 Å². The summed E-state index contributed by atoms with van der Waals surface area (Å²) >= 11 is 0. The van der Waals surface area contributed by atoms with Crippen LogP contribution in [0.1, 0.15) is 12.8 Å². The van der Waals surface area contributed by atoms with Gasteiger partial charge in [-0.1, -0.05) is 6.08 Å². The first-order chi connectivity index (χ1) is 4.34. The minimum atomic E-state index is 0.274. The predicted molar refractivity (Wildman–Crippen MR) is 37.0 cm³/mol. The van der Waals surface area contributed by atoms with Crippen LogP contribution in [0.3, 0.4) is 0 Å². The van der Waals surface area contributed by atoms with Crippen molar-refractivity contribution < 1.29 is 5.11 Å². The van der Waals surface area contributed by atoms with Crippen molar-refractivity contribution in [2.24, 2.45) is 0 Å². The van der Waals surface area contributed by atoms with Crippen LogP contribution < -0.4 is 0 Å². The Kier molecular flexibility index (Phi) is 2.11. The molecule has 1 heterocycles. The van der Waals surface area contributed by atoms with E-state index in [1.54, 1.807) is 0 Å². The van der Waals surface area contributed by atoms with E-state index in [-0.39, 0.29) is 6.61 Å². The molecule has 1 aliphatic heterocycles. The van der Waals surface area contributed by atoms with E-state index < -0.39 is 0 Å². The summed E-state index contributed by atoms with van der Waals surface area (Å²) in [5.74, 6) is 0. The molecule has 2 nitrogen and oxygen atoms in total. The van der Waals surface area contributed by atoms with Crippen molar-refractivity contribution in [2.75, 3.05) is 20.2 Å². The Hall–Kier alpha value is -0.500. The van der Waals surface area contributed by atoms with E-state index in [0.29, 0.717) is 0 Å². The van der Waals surface area contributed by atoms with Gasteiger partial charge < -0.3 is 10.0 Å². The molecule has 0 atom stereocenters. The lowest BCUT2D eigenvalue weighted by Gasteiger charge is -2.14. The molecular weight excluding hydrogens is 114 g/mol. The van der Waals surface area contributed by atoms with Crippen LogP contribution in [0, 0.1) is 0 Å². The first-order valence-corrected chi connectivity index (χ1v) is 3.35. The van der Waals surface area contributed by atoms with Gasteiger partial charge in [-0.2, -0.15) is 0 Å². The standard InChI is InChI=1S/C7H13NO/c1-8-5-2-3-7(8)4-6-9/h3,9H,2,4-6H2,1H3. The van der Waals surface area contributed by atoms with Gasteiger partial charge in [0.25, 0.3) is 0 Å². The van der Waals surface area contributed by atoms with Crippen LogP contribution in [-0.2, 0) is 0 Å². The van der Waals surface area contributed by atoms with E-state index in [1.807, 2.05) is 0 Å². The van der Waals surface area contributed by atoms with Crippen LogP contribution in [0.5, 0.6) is 0 Å². The van der Waals surface area contributed by atoms with Gasteiger partial charge in [0.15, 0.2) is 0 Å². The lowest BCUT2D eigenvalue weighted by atomic mass is 10.3. The Labute approximate surface area is 55.8 Å². The summed E-state index contributed by atoms with van der Waals surface area (Å²) in [4.78, 5) is 2.19. The third-order valence-corrected chi connectivity index (χ3v) is 1.70. The molecule has 1 rings (SSSR count). The van der Waals surface area contributed by atoms with Crippen LogP contribution in [0.15, 0.2) is 11.8 Å². The van der Waals surface area contributed by atoms with Gasteiger partial charge in [0.05, 0.1) is 0 Å². The fourth-order valence-corrected chi connectivity index (χ4v) is 1.13. The highest BCUT2D eigenvalue weighted by atomic mass is 16.3. The Morgan fingerprint density at radius 1 is 1.78 bits per heavy atom. The normalized spacial score (nSPS) is 18.4. The molecule has 0 saturated heterocycles. The van der Waals surface area contributed by atoms with E-state index in [4.69, 9.17) is 5.11 Å². The second-order valence-electron chi connectivity index (χ2n) is 2.38. The molecule has 52 valence electrons. The van der Waals surface area contributed by atoms with Gasteiger partial charge in [0.2, 0.25) is 0 Å². The molecule has 0 aromatic rings. The Balaban J connectivity index is 2.38. The number of aliphatic hydroxyl groups excluding tert-OH is 1. The highest BCUT2D eigenvalue weighted by Crippen LogP contribution is 2.14. The smallest absolute Gasteiger partial charge is 0.0485 e. The van der Waals surface area contributed by atoms with Crippen LogP contribution in [0.2, 0.25) is 0 Å². The highest BCUT2D eigenvalue weighted by Gasteiger charge is 2.07. The molecule has 0 fully saturated rings. The lowest BCUT2D eigenvalue weighted by Crippen LogP contribution is -2.13. The molecule has 0 saturated carbocycles. The summed E-state index contributed by atoms with van der Waals surface area (Å²) in [5.41, 5.74) is 1.29. The Morgan fingerprint density at radius 2 is 2.56 bits per heavy atom. The minimum absolute atomic E-state index is 0.274. The molecular formula is C7H13NO. The molecule has 0 bridgehead atoms. The highest BCUT2D eigenvalue weighted by molar-refractivity contribution is 5.05. The number of aliphatic hydroxyl groups is 1. The largest absolute Gasteiger partial charge is 0.396 e. The Bertz CT molecular complexity index is 120. The molecule has 0 radical (unpaired) electrons. The lowest BCUT2D eigenvalue weighted by molar-refractivity contribution is 0.284. The third kappa shape index (κ3) is 1.45. The summed E-state index contributed by atoms with van der Waals surface area (Å²) in [6.45, 7) is 1.39. The molecule has 0 unspecified atom stereocenters. The van der Waals surface area contributed by atoms with E-state index in [9.17, 15) is 0 Å². The minimum Gasteiger partial charge on any atom is -0.396 e. The van der Waals surface area contributed by atoms with Crippen LogP contribution in [-0.4, -0.2) is 30.2 Å². The predicted octanol–water partition coefficient (Wildman–Crippen LogP) is 0.588. The number of hydrogen-bond donors (Lipinski definition) is 1. The van der Waals surface area contributed by atoms with E-state index in [1.165, 1.54) is 5.70 Å². The Morgan fingerprint density at radius 3 is 3.00 bits per heavy atom. The summed E-state index contributed by atoms with van der Waals surface area (Å²) in [6.07, 6.45) is 4.15. The maximum Gasteiger partial charge on any atom is 0.0485 e. The number of hydrogen-bond acceptors (Lipinski definition) is 2. The van der Waals surface area contributed by atoms with Crippen molar-refractivity contribution in [2.45, 2.75) is 12.8 Å². The SMILES string of the molecule is CN1CCC=C1CCO. The molecule has 0 aromatic carbocycles. The zero-order valence-electron chi connectivity index (χ0n) is 5.80. The van der Waals surface area contributed by atoms with Crippen LogP contribution in [0.25, 0.3) is 0 Å². The topological polar surface area (TPSA) is 23.5 Å². The van der Waals surface area contributed by atoms with Crippen molar-refractivity contribution in [1.29, 1.82) is 0 Å².